The van der Waals surface area contributed by atoms with Crippen molar-refractivity contribution in [1.82, 2.24) is 19.7 Å². The number of fused-ring (bicyclic) bond motifs is 4. The van der Waals surface area contributed by atoms with Crippen LogP contribution in [0.1, 0.15) is 28.5 Å². The molecule has 6 rings (SSSR count). The quantitative estimate of drug-likeness (QED) is 0.481. The van der Waals surface area contributed by atoms with Crippen LogP contribution in [0.25, 0.3) is 22.6 Å². The van der Waals surface area contributed by atoms with E-state index in [-0.39, 0.29) is 11.6 Å². The Morgan fingerprint density at radius 1 is 1.23 bits per heavy atom. The molecule has 0 N–H and O–H groups in total. The monoisotopic (exact) mass is 427 g/mol. The van der Waals surface area contributed by atoms with Gasteiger partial charge >= 0.3 is 0 Å². The Labute approximate surface area is 180 Å². The van der Waals surface area contributed by atoms with Crippen LogP contribution in [0.4, 0.5) is 4.39 Å². The molecule has 31 heavy (non-hydrogen) atoms. The average Bonchev–Trinajstić information content (AvgIpc) is 3.43. The number of Topliss-reactive ketones (excluding diaryl/α,β-unsaturated/α-hetero) is 1. The minimum Gasteiger partial charge on any atom is -0.299 e. The van der Waals surface area contributed by atoms with Crippen molar-refractivity contribution in [3.05, 3.63) is 76.1 Å². The van der Waals surface area contributed by atoms with Crippen LogP contribution in [-0.4, -0.2) is 25.5 Å². The Kier molecular flexibility index (Phi) is 3.73. The molecule has 1 aliphatic carbocycles. The number of halogens is 1. The van der Waals surface area contributed by atoms with Crippen LogP contribution in [0.5, 0.6) is 0 Å². The molecule has 3 heterocycles. The van der Waals surface area contributed by atoms with Crippen molar-refractivity contribution >= 4 is 17.1 Å². The third kappa shape index (κ3) is 2.53. The Morgan fingerprint density at radius 3 is 2.84 bits per heavy atom. The second kappa shape index (κ2) is 6.40. The van der Waals surface area contributed by atoms with Crippen LogP contribution in [0.3, 0.4) is 0 Å². The van der Waals surface area contributed by atoms with Gasteiger partial charge in [0.15, 0.2) is 5.82 Å². The molecule has 2 aromatic carbocycles. The van der Waals surface area contributed by atoms with Crippen LogP contribution in [0, 0.1) is 17.1 Å². The maximum absolute atomic E-state index is 14.1. The third-order valence-electron chi connectivity index (χ3n) is 6.25. The van der Waals surface area contributed by atoms with E-state index < -0.39 is 11.3 Å². The van der Waals surface area contributed by atoms with E-state index in [1.54, 1.807) is 22.9 Å². The van der Waals surface area contributed by atoms with E-state index in [1.807, 2.05) is 17.5 Å². The van der Waals surface area contributed by atoms with Gasteiger partial charge in [-0.1, -0.05) is 18.2 Å². The Morgan fingerprint density at radius 2 is 2.06 bits per heavy atom. The first-order chi connectivity index (χ1) is 15.1. The topological polar surface area (TPSA) is 84.5 Å². The second-order valence-electron chi connectivity index (χ2n) is 7.92. The highest BCUT2D eigenvalue weighted by molar-refractivity contribution is 7.10. The van der Waals surface area contributed by atoms with Gasteiger partial charge in [0.2, 0.25) is 0 Å². The van der Waals surface area contributed by atoms with Gasteiger partial charge in [0.05, 0.1) is 29.8 Å². The summed E-state index contributed by atoms with van der Waals surface area (Å²) in [6, 6.07) is 14.0. The highest BCUT2D eigenvalue weighted by Gasteiger charge is 2.59. The minimum absolute atomic E-state index is 0.125. The van der Waals surface area contributed by atoms with Crippen molar-refractivity contribution in [3.8, 4) is 28.7 Å². The fourth-order valence-corrected chi connectivity index (χ4v) is 5.87. The lowest BCUT2D eigenvalue weighted by Crippen LogP contribution is -2.54. The fraction of sp³-hybridized carbons (Fsp3) is 0.174. The number of carbonyl (C=O) groups excluding carboxylic acids is 1. The smallest absolute Gasteiger partial charge is 0.158 e. The van der Waals surface area contributed by atoms with Crippen molar-refractivity contribution in [2.24, 2.45) is 0 Å². The molecule has 0 saturated heterocycles. The summed E-state index contributed by atoms with van der Waals surface area (Å²) in [4.78, 5) is 22.0. The summed E-state index contributed by atoms with van der Waals surface area (Å²) in [6.07, 6.45) is 1.83. The Balaban J connectivity index is 1.44. The number of ketones is 1. The third-order valence-corrected chi connectivity index (χ3v) is 7.16. The lowest BCUT2D eigenvalue weighted by molar-refractivity contribution is -0.132. The van der Waals surface area contributed by atoms with Crippen molar-refractivity contribution < 1.29 is 9.18 Å². The first kappa shape index (κ1) is 18.1. The maximum atomic E-state index is 14.1. The van der Waals surface area contributed by atoms with Crippen molar-refractivity contribution in [2.45, 2.75) is 24.3 Å². The van der Waals surface area contributed by atoms with E-state index in [2.05, 4.69) is 16.2 Å². The molecule has 2 aliphatic rings. The summed E-state index contributed by atoms with van der Waals surface area (Å²) >= 11 is 1.45. The molecule has 0 radical (unpaired) electrons. The minimum atomic E-state index is -0.513. The molecule has 2 unspecified atom stereocenters. The number of nitriles is 1. The number of aromatic nitrogens is 4. The summed E-state index contributed by atoms with van der Waals surface area (Å²) in [6.45, 7) is 0.503. The van der Waals surface area contributed by atoms with E-state index in [1.165, 1.54) is 29.8 Å². The SMILES string of the molecule is N#Cc1ccc(-c2csc(C3C(=O)CC34Cn3ncnc3-c3cc(F)ccc34)n2)cc1. The standard InChI is InChI=1S/C23H14FN5OS/c24-15-5-6-17-16(7-15)21-26-12-27-29(21)11-23(17)8-19(30)20(23)22-28-18(10-31-22)14-3-1-13(9-25)2-4-14/h1-7,10,12,20H,8,11H2. The lowest BCUT2D eigenvalue weighted by atomic mass is 9.54. The van der Waals surface area contributed by atoms with Crippen LogP contribution in [0.15, 0.2) is 54.2 Å². The molecule has 1 aliphatic heterocycles. The fourth-order valence-electron chi connectivity index (χ4n) is 4.81. The zero-order valence-corrected chi connectivity index (χ0v) is 16.9. The first-order valence-corrected chi connectivity index (χ1v) is 10.6. The van der Waals surface area contributed by atoms with E-state index in [0.717, 1.165) is 21.8 Å². The van der Waals surface area contributed by atoms with Crippen LogP contribution in [0.2, 0.25) is 0 Å². The molecule has 2 atom stereocenters. The number of rotatable bonds is 2. The molecule has 150 valence electrons. The molecule has 0 bridgehead atoms. The number of nitrogens with zero attached hydrogens (tertiary/aromatic N) is 5. The molecule has 0 amide bonds. The molecule has 8 heteroatoms. The maximum Gasteiger partial charge on any atom is 0.158 e. The van der Waals surface area contributed by atoms with Crippen molar-refractivity contribution in [2.75, 3.05) is 0 Å². The predicted octanol–water partition coefficient (Wildman–Crippen LogP) is 4.09. The molecule has 1 spiro atoms. The van der Waals surface area contributed by atoms with Gasteiger partial charge in [-0.2, -0.15) is 10.4 Å². The molecular weight excluding hydrogens is 413 g/mol. The number of benzene rings is 2. The summed E-state index contributed by atoms with van der Waals surface area (Å²) in [7, 11) is 0. The predicted molar refractivity (Wildman–Crippen MR) is 112 cm³/mol. The van der Waals surface area contributed by atoms with Crippen LogP contribution < -0.4 is 0 Å². The van der Waals surface area contributed by atoms with Gasteiger partial charge in [0, 0.05) is 28.3 Å². The lowest BCUT2D eigenvalue weighted by Gasteiger charge is -2.50. The summed E-state index contributed by atoms with van der Waals surface area (Å²) in [5.41, 5.74) is 3.35. The van der Waals surface area contributed by atoms with Crippen molar-refractivity contribution in [3.63, 3.8) is 0 Å². The number of thiazole rings is 1. The number of hydrogen-bond acceptors (Lipinski definition) is 6. The second-order valence-corrected chi connectivity index (χ2v) is 8.81. The molecule has 2 aromatic heterocycles. The molecule has 6 nitrogen and oxygen atoms in total. The van der Waals surface area contributed by atoms with Gasteiger partial charge in [-0.3, -0.25) is 4.79 Å². The largest absolute Gasteiger partial charge is 0.299 e. The number of carbonyl (C=O) groups is 1. The zero-order valence-electron chi connectivity index (χ0n) is 16.1. The van der Waals surface area contributed by atoms with Gasteiger partial charge in [0.1, 0.15) is 22.9 Å². The zero-order chi connectivity index (χ0) is 21.2. The summed E-state index contributed by atoms with van der Waals surface area (Å²) in [5, 5.41) is 16.0. The van der Waals surface area contributed by atoms with E-state index in [4.69, 9.17) is 10.2 Å². The van der Waals surface area contributed by atoms with Crippen LogP contribution in [-0.2, 0) is 16.8 Å². The Bertz CT molecular complexity index is 1400. The highest BCUT2D eigenvalue weighted by atomic mass is 32.1. The van der Waals surface area contributed by atoms with Gasteiger partial charge in [-0.25, -0.2) is 19.0 Å². The van der Waals surface area contributed by atoms with E-state index in [0.29, 0.717) is 29.9 Å². The van der Waals surface area contributed by atoms with Gasteiger partial charge in [-0.05, 0) is 29.8 Å². The normalized spacial score (nSPS) is 21.3. The van der Waals surface area contributed by atoms with Gasteiger partial charge in [-0.15, -0.1) is 11.3 Å². The summed E-state index contributed by atoms with van der Waals surface area (Å²) in [5.74, 6) is -0.00806. The molecule has 4 aromatic rings. The molecule has 1 saturated carbocycles. The molecular formula is C23H14FN5OS. The summed E-state index contributed by atoms with van der Waals surface area (Å²) < 4.78 is 15.8. The Hall–Kier alpha value is -3.70. The van der Waals surface area contributed by atoms with E-state index >= 15 is 0 Å². The average molecular weight is 427 g/mol. The van der Waals surface area contributed by atoms with Gasteiger partial charge < -0.3 is 0 Å². The van der Waals surface area contributed by atoms with Crippen LogP contribution >= 0.6 is 11.3 Å². The highest BCUT2D eigenvalue weighted by Crippen LogP contribution is 2.57. The van der Waals surface area contributed by atoms with E-state index in [9.17, 15) is 9.18 Å². The number of hydrogen-bond donors (Lipinski definition) is 0. The van der Waals surface area contributed by atoms with Gasteiger partial charge in [0.25, 0.3) is 0 Å². The molecule has 1 fully saturated rings. The first-order valence-electron chi connectivity index (χ1n) is 9.76. The van der Waals surface area contributed by atoms with Crippen molar-refractivity contribution in [1.29, 1.82) is 5.26 Å².